The summed E-state index contributed by atoms with van der Waals surface area (Å²) < 4.78 is 10.3. The lowest BCUT2D eigenvalue weighted by molar-refractivity contribution is -0.152. The Morgan fingerprint density at radius 3 is 1.51 bits per heavy atom. The first-order valence-corrected chi connectivity index (χ1v) is 21.2. The van der Waals surface area contributed by atoms with Gasteiger partial charge < -0.3 is 19.7 Å². The maximum atomic E-state index is 12.0. The molecular formula is C45H80O6. The van der Waals surface area contributed by atoms with E-state index in [1.807, 2.05) is 18.2 Å². The molecule has 0 spiro atoms. The van der Waals surface area contributed by atoms with Gasteiger partial charge in [0.25, 0.3) is 0 Å². The molecule has 0 amide bonds. The predicted octanol–water partition coefficient (Wildman–Crippen LogP) is 12.2. The first kappa shape index (κ1) is 48.8. The van der Waals surface area contributed by atoms with Crippen molar-refractivity contribution in [3.8, 4) is 0 Å². The summed E-state index contributed by atoms with van der Waals surface area (Å²) >= 11 is 0. The van der Waals surface area contributed by atoms with Crippen molar-refractivity contribution >= 4 is 11.9 Å². The van der Waals surface area contributed by atoms with Crippen molar-refractivity contribution in [2.75, 3.05) is 13.2 Å². The molecule has 0 aromatic heterocycles. The average molecular weight is 717 g/mol. The highest BCUT2D eigenvalue weighted by molar-refractivity contribution is 5.69. The van der Waals surface area contributed by atoms with Crippen molar-refractivity contribution < 1.29 is 29.3 Å². The van der Waals surface area contributed by atoms with Crippen molar-refractivity contribution in [3.05, 3.63) is 48.6 Å². The average Bonchev–Trinajstić information content (AvgIpc) is 3.11. The first-order valence-electron chi connectivity index (χ1n) is 21.2. The van der Waals surface area contributed by atoms with Crippen LogP contribution < -0.4 is 0 Å². The summed E-state index contributed by atoms with van der Waals surface area (Å²) in [5, 5.41) is 19.9. The number of aliphatic hydroxyl groups excluding tert-OH is 2. The van der Waals surface area contributed by atoms with Gasteiger partial charge in [-0.15, -0.1) is 0 Å². The van der Waals surface area contributed by atoms with Crippen molar-refractivity contribution in [1.82, 2.24) is 0 Å². The van der Waals surface area contributed by atoms with E-state index < -0.39 is 6.10 Å². The van der Waals surface area contributed by atoms with E-state index in [1.54, 1.807) is 0 Å². The summed E-state index contributed by atoms with van der Waals surface area (Å²) in [7, 11) is 0. The second-order valence-corrected chi connectivity index (χ2v) is 14.8. The normalized spacial score (nSPS) is 13.4. The van der Waals surface area contributed by atoms with Crippen molar-refractivity contribution in [1.29, 1.82) is 0 Å². The first-order chi connectivity index (χ1) is 24.8. The maximum Gasteiger partial charge on any atom is 0.305 e. The topological polar surface area (TPSA) is 93.1 Å². The molecule has 0 aliphatic heterocycles. The Balaban J connectivity index is 3.54. The van der Waals surface area contributed by atoms with Gasteiger partial charge in [0, 0.05) is 12.8 Å². The molecule has 0 rings (SSSR count). The Labute approximate surface area is 314 Å². The molecule has 0 bridgehead atoms. The zero-order valence-electron chi connectivity index (χ0n) is 33.4. The molecule has 0 aliphatic rings. The second-order valence-electron chi connectivity index (χ2n) is 14.8. The fourth-order valence-electron chi connectivity index (χ4n) is 5.84. The van der Waals surface area contributed by atoms with Crippen LogP contribution in [-0.4, -0.2) is 47.6 Å². The fourth-order valence-corrected chi connectivity index (χ4v) is 5.84. The lowest BCUT2D eigenvalue weighted by Gasteiger charge is -2.12. The molecule has 0 aromatic rings. The highest BCUT2D eigenvalue weighted by atomic mass is 16.6. The highest BCUT2D eigenvalue weighted by Gasteiger charge is 2.12. The lowest BCUT2D eigenvalue weighted by Crippen LogP contribution is -2.25. The largest absolute Gasteiger partial charge is 0.463 e. The minimum atomic E-state index is -0.998. The van der Waals surface area contributed by atoms with Crippen molar-refractivity contribution in [3.63, 3.8) is 0 Å². The summed E-state index contributed by atoms with van der Waals surface area (Å²) in [6.07, 6.45) is 45.0. The van der Waals surface area contributed by atoms with Crippen LogP contribution in [-0.2, 0) is 19.1 Å². The van der Waals surface area contributed by atoms with Gasteiger partial charge in [-0.3, -0.25) is 9.59 Å². The van der Waals surface area contributed by atoms with Crippen LogP contribution in [0.3, 0.4) is 0 Å². The van der Waals surface area contributed by atoms with Crippen LogP contribution in [0.5, 0.6) is 0 Å². The number of carbonyl (C=O) groups is 2. The van der Waals surface area contributed by atoms with Gasteiger partial charge in [-0.05, 0) is 44.4 Å². The molecule has 6 heteroatoms. The molecule has 0 fully saturated rings. The van der Waals surface area contributed by atoms with Gasteiger partial charge in [0.1, 0.15) is 19.3 Å². The standard InChI is InChI=1S/C45H80O6/c1-4-5-29-35-42(46)36-31-26-22-18-14-12-16-20-24-28-33-38-45(49)51-40-43(47)39-50-44(48)37-32-27-23-19-15-11-9-7-6-8-10-13-17-21-25-30-34-41(2)3/h12,14,20,22,24,26,31,36,41-43,46-47H,4-11,13,15-19,21,23,25,27-30,32-35,37-40H2,1-3H3/b14-12-,24-20-,26-22-,36-31+/t42-,43-/m1/s1. The molecule has 0 radical (unpaired) electrons. The summed E-state index contributed by atoms with van der Waals surface area (Å²) in [6.45, 7) is 6.50. The number of rotatable bonds is 37. The Hall–Kier alpha value is -2.18. The van der Waals surface area contributed by atoms with E-state index in [9.17, 15) is 19.8 Å². The number of unbranched alkanes of at least 4 members (excludes halogenated alkanes) is 18. The second kappa shape index (κ2) is 39.0. The molecule has 6 nitrogen and oxygen atoms in total. The third kappa shape index (κ3) is 40.4. The van der Waals surface area contributed by atoms with Crippen LogP contribution in [0, 0.1) is 5.92 Å². The van der Waals surface area contributed by atoms with Crippen LogP contribution in [0.1, 0.15) is 194 Å². The molecule has 0 unspecified atom stereocenters. The molecular weight excluding hydrogens is 636 g/mol. The maximum absolute atomic E-state index is 12.0. The van der Waals surface area contributed by atoms with E-state index in [1.165, 1.54) is 96.3 Å². The molecule has 2 atom stereocenters. The Kier molecular flexibility index (Phi) is 37.4. The molecule has 0 aromatic carbocycles. The third-order valence-corrected chi connectivity index (χ3v) is 9.10. The van der Waals surface area contributed by atoms with Crippen LogP contribution >= 0.6 is 0 Å². The van der Waals surface area contributed by atoms with E-state index in [0.29, 0.717) is 12.8 Å². The number of allylic oxidation sites excluding steroid dienone is 7. The number of esters is 2. The molecule has 0 aliphatic carbocycles. The van der Waals surface area contributed by atoms with E-state index in [-0.39, 0.29) is 37.7 Å². The predicted molar refractivity (Wildman–Crippen MR) is 216 cm³/mol. The quantitative estimate of drug-likeness (QED) is 0.0288. The zero-order chi connectivity index (χ0) is 37.5. The molecule has 2 N–H and O–H groups in total. The van der Waals surface area contributed by atoms with Crippen molar-refractivity contribution in [2.45, 2.75) is 206 Å². The van der Waals surface area contributed by atoms with Crippen LogP contribution in [0.2, 0.25) is 0 Å². The lowest BCUT2D eigenvalue weighted by atomic mass is 10.0. The summed E-state index contributed by atoms with van der Waals surface area (Å²) in [6, 6.07) is 0. The molecule has 0 saturated heterocycles. The Morgan fingerprint density at radius 1 is 0.529 bits per heavy atom. The van der Waals surface area contributed by atoms with Crippen LogP contribution in [0.25, 0.3) is 0 Å². The smallest absolute Gasteiger partial charge is 0.305 e. The zero-order valence-corrected chi connectivity index (χ0v) is 33.4. The van der Waals surface area contributed by atoms with Gasteiger partial charge in [-0.25, -0.2) is 0 Å². The number of hydrogen-bond acceptors (Lipinski definition) is 6. The van der Waals surface area contributed by atoms with Gasteiger partial charge in [0.05, 0.1) is 6.10 Å². The fraction of sp³-hybridized carbons (Fsp3) is 0.778. The van der Waals surface area contributed by atoms with Crippen LogP contribution in [0.4, 0.5) is 0 Å². The third-order valence-electron chi connectivity index (χ3n) is 9.10. The van der Waals surface area contributed by atoms with Gasteiger partial charge in [0.15, 0.2) is 0 Å². The molecule has 296 valence electrons. The minimum absolute atomic E-state index is 0.143. The van der Waals surface area contributed by atoms with Gasteiger partial charge in [-0.1, -0.05) is 191 Å². The molecule has 0 heterocycles. The van der Waals surface area contributed by atoms with E-state index >= 15 is 0 Å². The SMILES string of the molecule is CCCCC[C@@H](O)/C=C/C=C\C/C=C\C/C=C\CCCC(=O)OC[C@H](O)COC(=O)CCCCCCCCCCCCCCCCCCC(C)C. The van der Waals surface area contributed by atoms with E-state index in [0.717, 1.165) is 63.7 Å². The van der Waals surface area contributed by atoms with E-state index in [4.69, 9.17) is 9.47 Å². The number of carbonyl (C=O) groups excluding carboxylic acids is 2. The summed E-state index contributed by atoms with van der Waals surface area (Å²) in [4.78, 5) is 24.0. The monoisotopic (exact) mass is 717 g/mol. The Bertz CT molecular complexity index is 889. The molecule has 51 heavy (non-hydrogen) atoms. The van der Waals surface area contributed by atoms with E-state index in [2.05, 4.69) is 51.2 Å². The van der Waals surface area contributed by atoms with Gasteiger partial charge >= 0.3 is 11.9 Å². The number of hydrogen-bond donors (Lipinski definition) is 2. The van der Waals surface area contributed by atoms with Gasteiger partial charge in [-0.2, -0.15) is 0 Å². The summed E-state index contributed by atoms with van der Waals surface area (Å²) in [5.74, 6) is 0.203. The van der Waals surface area contributed by atoms with Crippen LogP contribution in [0.15, 0.2) is 48.6 Å². The number of aliphatic hydroxyl groups is 2. The minimum Gasteiger partial charge on any atom is -0.463 e. The van der Waals surface area contributed by atoms with Gasteiger partial charge in [0.2, 0.25) is 0 Å². The molecule has 0 saturated carbocycles. The number of ether oxygens (including phenoxy) is 2. The Morgan fingerprint density at radius 2 is 0.980 bits per heavy atom. The summed E-state index contributed by atoms with van der Waals surface area (Å²) in [5.41, 5.74) is 0. The van der Waals surface area contributed by atoms with Crippen molar-refractivity contribution in [2.24, 2.45) is 5.92 Å². The highest BCUT2D eigenvalue weighted by Crippen LogP contribution is 2.15.